The number of ether oxygens (including phenoxy) is 2. The summed E-state index contributed by atoms with van der Waals surface area (Å²) in [5, 5.41) is 3.13. The molecule has 0 saturated carbocycles. The van der Waals surface area contributed by atoms with Crippen LogP contribution >= 0.6 is 0 Å². The number of aromatic nitrogens is 1. The molecule has 1 aromatic heterocycles. The van der Waals surface area contributed by atoms with Gasteiger partial charge >= 0.3 is 0 Å². The van der Waals surface area contributed by atoms with Crippen molar-refractivity contribution in [3.63, 3.8) is 0 Å². The molecule has 0 aliphatic heterocycles. The first-order chi connectivity index (χ1) is 12.0. The zero-order chi connectivity index (χ0) is 18.3. The molecular weight excluding hydrogens is 342 g/mol. The van der Waals surface area contributed by atoms with E-state index in [1.165, 1.54) is 6.20 Å². The molecular formula is C17H23N3O4S. The summed E-state index contributed by atoms with van der Waals surface area (Å²) in [6, 6.07) is 8.75. The molecule has 0 saturated heterocycles. The third-order valence-corrected chi connectivity index (χ3v) is 4.85. The minimum absolute atomic E-state index is 0.104. The van der Waals surface area contributed by atoms with E-state index in [1.54, 1.807) is 38.5 Å². The fourth-order valence-corrected chi connectivity index (χ4v) is 3.38. The van der Waals surface area contributed by atoms with E-state index in [2.05, 4.69) is 15.0 Å². The number of hydrogen-bond donors (Lipinski definition) is 2. The Morgan fingerprint density at radius 2 is 1.92 bits per heavy atom. The molecule has 0 atom stereocenters. The molecule has 0 aliphatic carbocycles. The molecule has 0 bridgehead atoms. The molecule has 25 heavy (non-hydrogen) atoms. The Balaban J connectivity index is 2.08. The van der Waals surface area contributed by atoms with Gasteiger partial charge in [0.15, 0.2) is 0 Å². The Kier molecular flexibility index (Phi) is 6.46. The number of sulfonamides is 1. The van der Waals surface area contributed by atoms with Gasteiger partial charge in [0.2, 0.25) is 10.0 Å². The van der Waals surface area contributed by atoms with Crippen LogP contribution in [0.25, 0.3) is 0 Å². The summed E-state index contributed by atoms with van der Waals surface area (Å²) in [4.78, 5) is 4.23. The summed E-state index contributed by atoms with van der Waals surface area (Å²) in [7, 11) is -0.173. The lowest BCUT2D eigenvalue weighted by molar-refractivity contribution is 0.395. The van der Waals surface area contributed by atoms with E-state index in [1.807, 2.05) is 13.0 Å². The van der Waals surface area contributed by atoms with Crippen LogP contribution in [0.15, 0.2) is 36.5 Å². The average Bonchev–Trinajstić information content (AvgIpc) is 2.61. The Hall–Kier alpha value is -2.48. The fourth-order valence-electron chi connectivity index (χ4n) is 2.13. The molecule has 7 nitrogen and oxygen atoms in total. The summed E-state index contributed by atoms with van der Waals surface area (Å²) in [6.45, 7) is 1.95. The third-order valence-electron chi connectivity index (χ3n) is 3.47. The van der Waals surface area contributed by atoms with Gasteiger partial charge in [0.05, 0.1) is 37.5 Å². The summed E-state index contributed by atoms with van der Waals surface area (Å²) in [5.74, 6) is 1.98. The lowest BCUT2D eigenvalue weighted by atomic mass is 10.2. The maximum absolute atomic E-state index is 11.9. The number of pyridine rings is 1. The zero-order valence-electron chi connectivity index (χ0n) is 14.6. The van der Waals surface area contributed by atoms with Gasteiger partial charge in [-0.05, 0) is 30.7 Å². The van der Waals surface area contributed by atoms with Crippen molar-refractivity contribution in [2.24, 2.45) is 0 Å². The van der Waals surface area contributed by atoms with Crippen LogP contribution in [0.3, 0.4) is 0 Å². The molecule has 0 fully saturated rings. The molecule has 1 heterocycles. The summed E-state index contributed by atoms with van der Waals surface area (Å²) < 4.78 is 36.8. The van der Waals surface area contributed by atoms with Crippen molar-refractivity contribution >= 4 is 27.2 Å². The van der Waals surface area contributed by atoms with Crippen LogP contribution in [0.2, 0.25) is 0 Å². The minimum atomic E-state index is -3.33. The molecule has 8 heteroatoms. The molecule has 2 rings (SSSR count). The number of nitrogens with one attached hydrogen (secondary N) is 2. The zero-order valence-corrected chi connectivity index (χ0v) is 15.4. The fraction of sp³-hybridized carbons (Fsp3) is 0.353. The maximum atomic E-state index is 11.9. The second kappa shape index (κ2) is 8.57. The smallest absolute Gasteiger partial charge is 0.232 e. The number of anilines is 3. The van der Waals surface area contributed by atoms with Gasteiger partial charge in [0.25, 0.3) is 0 Å². The molecule has 1 aromatic carbocycles. The van der Waals surface area contributed by atoms with Gasteiger partial charge in [-0.25, -0.2) is 13.4 Å². The van der Waals surface area contributed by atoms with Crippen molar-refractivity contribution in [3.8, 4) is 11.5 Å². The van der Waals surface area contributed by atoms with Crippen LogP contribution in [0, 0.1) is 0 Å². The van der Waals surface area contributed by atoms with Crippen molar-refractivity contribution in [3.05, 3.63) is 36.5 Å². The van der Waals surface area contributed by atoms with Crippen molar-refractivity contribution in [2.45, 2.75) is 19.8 Å². The van der Waals surface area contributed by atoms with E-state index in [4.69, 9.17) is 9.47 Å². The van der Waals surface area contributed by atoms with Crippen molar-refractivity contribution in [1.29, 1.82) is 0 Å². The predicted octanol–water partition coefficient (Wildman–Crippen LogP) is 3.38. The van der Waals surface area contributed by atoms with Crippen LogP contribution in [0.4, 0.5) is 17.2 Å². The van der Waals surface area contributed by atoms with Crippen LogP contribution in [-0.2, 0) is 10.0 Å². The minimum Gasteiger partial charge on any atom is -0.497 e. The number of methoxy groups -OCH3 is 2. The van der Waals surface area contributed by atoms with Gasteiger partial charge in [0.1, 0.15) is 17.3 Å². The highest BCUT2D eigenvalue weighted by Gasteiger charge is 2.10. The van der Waals surface area contributed by atoms with Crippen LogP contribution in [0.5, 0.6) is 11.5 Å². The summed E-state index contributed by atoms with van der Waals surface area (Å²) in [6.07, 6.45) is 2.92. The Bertz CT molecular complexity index is 792. The second-order valence-electron chi connectivity index (χ2n) is 5.40. The normalized spacial score (nSPS) is 11.0. The lowest BCUT2D eigenvalue weighted by Crippen LogP contribution is -2.16. The first kappa shape index (κ1) is 18.9. The maximum Gasteiger partial charge on any atom is 0.232 e. The van der Waals surface area contributed by atoms with E-state index in [-0.39, 0.29) is 5.75 Å². The van der Waals surface area contributed by atoms with E-state index in [0.717, 1.165) is 12.1 Å². The van der Waals surface area contributed by atoms with E-state index in [9.17, 15) is 8.42 Å². The summed E-state index contributed by atoms with van der Waals surface area (Å²) >= 11 is 0. The highest BCUT2D eigenvalue weighted by Crippen LogP contribution is 2.31. The molecule has 0 radical (unpaired) electrons. The molecule has 136 valence electrons. The first-order valence-electron chi connectivity index (χ1n) is 7.93. The lowest BCUT2D eigenvalue weighted by Gasteiger charge is -2.12. The van der Waals surface area contributed by atoms with Gasteiger partial charge in [-0.3, -0.25) is 4.72 Å². The van der Waals surface area contributed by atoms with Gasteiger partial charge in [-0.15, -0.1) is 0 Å². The molecule has 2 aromatic rings. The second-order valence-corrected chi connectivity index (χ2v) is 7.24. The predicted molar refractivity (Wildman–Crippen MR) is 99.4 cm³/mol. The van der Waals surface area contributed by atoms with E-state index < -0.39 is 10.0 Å². The van der Waals surface area contributed by atoms with Gasteiger partial charge in [-0.1, -0.05) is 13.3 Å². The van der Waals surface area contributed by atoms with Crippen molar-refractivity contribution in [2.75, 3.05) is 30.0 Å². The number of benzene rings is 1. The van der Waals surface area contributed by atoms with Crippen LogP contribution in [0.1, 0.15) is 19.8 Å². The topological polar surface area (TPSA) is 89.6 Å². The van der Waals surface area contributed by atoms with Gasteiger partial charge < -0.3 is 14.8 Å². The van der Waals surface area contributed by atoms with Gasteiger partial charge in [-0.2, -0.15) is 0 Å². The largest absolute Gasteiger partial charge is 0.497 e. The van der Waals surface area contributed by atoms with Crippen molar-refractivity contribution in [1.82, 2.24) is 4.98 Å². The molecule has 0 aliphatic rings. The van der Waals surface area contributed by atoms with Crippen LogP contribution < -0.4 is 19.5 Å². The van der Waals surface area contributed by atoms with E-state index in [0.29, 0.717) is 29.4 Å². The first-order valence-corrected chi connectivity index (χ1v) is 9.58. The molecule has 0 unspecified atom stereocenters. The van der Waals surface area contributed by atoms with Crippen LogP contribution in [-0.4, -0.2) is 33.4 Å². The van der Waals surface area contributed by atoms with Crippen molar-refractivity contribution < 1.29 is 17.9 Å². The molecule has 2 N–H and O–H groups in total. The molecule has 0 amide bonds. The average molecular weight is 365 g/mol. The summed E-state index contributed by atoms with van der Waals surface area (Å²) in [5.41, 5.74) is 1.16. The quantitative estimate of drug-likeness (QED) is 0.708. The SMILES string of the molecule is CCCCS(=O)(=O)Nc1ccc(Nc2ccc(OC)cc2OC)nc1. The number of nitrogens with zero attached hydrogens (tertiary/aromatic N) is 1. The Morgan fingerprint density at radius 1 is 1.12 bits per heavy atom. The molecule has 0 spiro atoms. The Morgan fingerprint density at radius 3 is 2.52 bits per heavy atom. The number of hydrogen-bond acceptors (Lipinski definition) is 6. The Labute approximate surface area is 148 Å². The highest BCUT2D eigenvalue weighted by atomic mass is 32.2. The van der Waals surface area contributed by atoms with E-state index >= 15 is 0 Å². The van der Waals surface area contributed by atoms with Gasteiger partial charge in [0, 0.05) is 6.07 Å². The highest BCUT2D eigenvalue weighted by molar-refractivity contribution is 7.92. The third kappa shape index (κ3) is 5.53. The monoisotopic (exact) mass is 365 g/mol. The number of rotatable bonds is 9. The number of unbranched alkanes of at least 4 members (excludes halogenated alkanes) is 1. The standard InChI is InChI=1S/C17H23N3O4S/c1-4-5-10-25(21,22)20-13-6-9-17(18-12-13)19-15-8-7-14(23-2)11-16(15)24-3/h6-9,11-12,20H,4-5,10H2,1-3H3,(H,18,19).